The van der Waals surface area contributed by atoms with E-state index in [1.807, 2.05) is 0 Å². The molecule has 3 nitrogen and oxygen atoms in total. The van der Waals surface area contributed by atoms with Crippen LogP contribution in [0.5, 0.6) is 0 Å². The van der Waals surface area contributed by atoms with E-state index in [0.29, 0.717) is 0 Å². The molecule has 15 heavy (non-hydrogen) atoms. The topological polar surface area (TPSA) is 43.4 Å². The van der Waals surface area contributed by atoms with Crippen LogP contribution in [0.25, 0.3) is 0 Å². The van der Waals surface area contributed by atoms with Crippen molar-refractivity contribution in [1.29, 1.82) is 0 Å². The van der Waals surface area contributed by atoms with Gasteiger partial charge in [-0.25, -0.2) is 0 Å². The fourth-order valence-electron chi connectivity index (χ4n) is 2.60. The van der Waals surface area contributed by atoms with Crippen LogP contribution in [-0.2, 0) is 14.3 Å². The highest BCUT2D eigenvalue weighted by Crippen LogP contribution is 2.29. The summed E-state index contributed by atoms with van der Waals surface area (Å²) < 4.78 is 4.98. The summed E-state index contributed by atoms with van der Waals surface area (Å²) in [4.78, 5) is 22.2. The molecule has 0 radical (unpaired) electrons. The smallest absolute Gasteiger partial charge is 0.314 e. The lowest BCUT2D eigenvalue weighted by atomic mass is 9.85. The van der Waals surface area contributed by atoms with E-state index in [1.165, 1.54) is 32.1 Å². The molecular formula is C12H18O3. The summed E-state index contributed by atoms with van der Waals surface area (Å²) in [5, 5.41) is 0. The third-order valence-electron chi connectivity index (χ3n) is 3.51. The van der Waals surface area contributed by atoms with Crippen LogP contribution in [0.4, 0.5) is 0 Å². The van der Waals surface area contributed by atoms with Crippen LogP contribution >= 0.6 is 0 Å². The Bertz CT molecular complexity index is 254. The van der Waals surface area contributed by atoms with Crippen LogP contribution in [0.15, 0.2) is 0 Å². The first-order valence-electron chi connectivity index (χ1n) is 5.98. The first kappa shape index (κ1) is 10.7. The number of Topliss-reactive ketones (excluding diaryl/α,β-unsaturated/α-hetero) is 1. The highest BCUT2D eigenvalue weighted by molar-refractivity contribution is 6.03. The molecule has 1 unspecified atom stereocenters. The largest absolute Gasteiger partial charge is 0.454 e. The fraction of sp³-hybridized carbons (Fsp3) is 0.833. The summed E-state index contributed by atoms with van der Waals surface area (Å²) in [6.45, 7) is 0. The van der Waals surface area contributed by atoms with E-state index in [2.05, 4.69) is 0 Å². The van der Waals surface area contributed by atoms with Crippen molar-refractivity contribution < 1.29 is 14.3 Å². The van der Waals surface area contributed by atoms with Crippen LogP contribution in [0.3, 0.4) is 0 Å². The van der Waals surface area contributed by atoms with E-state index in [1.54, 1.807) is 0 Å². The molecule has 1 aliphatic heterocycles. The Morgan fingerprint density at radius 1 is 1.07 bits per heavy atom. The van der Waals surface area contributed by atoms with Gasteiger partial charge in [0.05, 0.1) is 0 Å². The molecule has 2 fully saturated rings. The zero-order valence-corrected chi connectivity index (χ0v) is 9.04. The van der Waals surface area contributed by atoms with E-state index < -0.39 is 6.10 Å². The highest BCUT2D eigenvalue weighted by Gasteiger charge is 2.32. The first-order valence-corrected chi connectivity index (χ1v) is 5.98. The lowest BCUT2D eigenvalue weighted by molar-refractivity contribution is -0.142. The van der Waals surface area contributed by atoms with Gasteiger partial charge in [-0.05, 0) is 18.8 Å². The Morgan fingerprint density at radius 2 is 1.80 bits per heavy atom. The van der Waals surface area contributed by atoms with Gasteiger partial charge in [-0.2, -0.15) is 0 Å². The number of ketones is 1. The molecule has 3 heteroatoms. The van der Waals surface area contributed by atoms with Gasteiger partial charge in [-0.1, -0.05) is 32.1 Å². The van der Waals surface area contributed by atoms with Crippen molar-refractivity contribution in [2.24, 2.45) is 5.92 Å². The van der Waals surface area contributed by atoms with Gasteiger partial charge in [0.15, 0.2) is 11.9 Å². The van der Waals surface area contributed by atoms with Crippen molar-refractivity contribution in [3.63, 3.8) is 0 Å². The summed E-state index contributed by atoms with van der Waals surface area (Å²) in [5.74, 6) is 0.398. The van der Waals surface area contributed by atoms with Gasteiger partial charge in [-0.15, -0.1) is 0 Å². The second kappa shape index (κ2) is 4.77. The molecule has 84 valence electrons. The second-order valence-corrected chi connectivity index (χ2v) is 4.70. The monoisotopic (exact) mass is 210 g/mol. The van der Waals surface area contributed by atoms with Crippen molar-refractivity contribution in [3.05, 3.63) is 0 Å². The Kier molecular flexibility index (Phi) is 3.39. The van der Waals surface area contributed by atoms with Gasteiger partial charge in [-0.3, -0.25) is 9.59 Å². The summed E-state index contributed by atoms with van der Waals surface area (Å²) in [7, 11) is 0. The number of carbonyl (C=O) groups excluding carboxylic acids is 2. The summed E-state index contributed by atoms with van der Waals surface area (Å²) in [5.41, 5.74) is 0. The zero-order valence-electron chi connectivity index (χ0n) is 9.04. The van der Waals surface area contributed by atoms with E-state index in [9.17, 15) is 9.59 Å². The predicted molar refractivity (Wildman–Crippen MR) is 55.3 cm³/mol. The lowest BCUT2D eigenvalue weighted by Crippen LogP contribution is -2.18. The Hall–Kier alpha value is -0.860. The molecule has 0 N–H and O–H groups in total. The van der Waals surface area contributed by atoms with E-state index in [-0.39, 0.29) is 18.2 Å². The molecule has 0 amide bonds. The predicted octanol–water partition coefficient (Wildman–Crippen LogP) is 2.23. The summed E-state index contributed by atoms with van der Waals surface area (Å²) in [6.07, 6.45) is 7.94. The fourth-order valence-corrected chi connectivity index (χ4v) is 2.60. The molecule has 1 aliphatic carbocycles. The van der Waals surface area contributed by atoms with Gasteiger partial charge < -0.3 is 4.74 Å². The molecule has 0 aromatic carbocycles. The first-order chi connectivity index (χ1) is 7.25. The Labute approximate surface area is 90.2 Å². The Morgan fingerprint density at radius 3 is 2.40 bits per heavy atom. The Balaban J connectivity index is 1.73. The van der Waals surface area contributed by atoms with Gasteiger partial charge in [0.1, 0.15) is 6.42 Å². The average Bonchev–Trinajstić information content (AvgIpc) is 2.56. The van der Waals surface area contributed by atoms with Crippen molar-refractivity contribution in [2.45, 2.75) is 57.5 Å². The molecule has 1 heterocycles. The third-order valence-corrected chi connectivity index (χ3v) is 3.51. The molecule has 0 bridgehead atoms. The molecule has 0 spiro atoms. The minimum atomic E-state index is -0.417. The quantitative estimate of drug-likeness (QED) is 0.530. The number of carbonyl (C=O) groups is 2. The number of ether oxygens (including phenoxy) is 1. The minimum Gasteiger partial charge on any atom is -0.454 e. The van der Waals surface area contributed by atoms with Gasteiger partial charge in [0.2, 0.25) is 0 Å². The van der Waals surface area contributed by atoms with Crippen LogP contribution in [-0.4, -0.2) is 17.9 Å². The van der Waals surface area contributed by atoms with Crippen LogP contribution in [0.1, 0.15) is 51.4 Å². The number of esters is 1. The molecule has 0 aromatic heterocycles. The maximum Gasteiger partial charge on any atom is 0.314 e. The van der Waals surface area contributed by atoms with E-state index in [4.69, 9.17) is 4.74 Å². The summed E-state index contributed by atoms with van der Waals surface area (Å²) >= 11 is 0. The average molecular weight is 210 g/mol. The summed E-state index contributed by atoms with van der Waals surface area (Å²) in [6, 6.07) is 0. The van der Waals surface area contributed by atoms with Gasteiger partial charge in [0.25, 0.3) is 0 Å². The standard InChI is InChI=1S/C12H18O3/c13-10-8-12(14)15-11(10)7-6-9-4-2-1-3-5-9/h9,11H,1-8H2. The number of cyclic esters (lactones) is 1. The zero-order chi connectivity index (χ0) is 10.7. The number of rotatable bonds is 3. The molecule has 1 saturated carbocycles. The van der Waals surface area contributed by atoms with E-state index >= 15 is 0 Å². The van der Waals surface area contributed by atoms with Crippen molar-refractivity contribution >= 4 is 11.8 Å². The molecule has 2 rings (SSSR count). The van der Waals surface area contributed by atoms with Gasteiger partial charge >= 0.3 is 5.97 Å². The van der Waals surface area contributed by atoms with Crippen LogP contribution < -0.4 is 0 Å². The maximum atomic E-state index is 11.3. The van der Waals surface area contributed by atoms with Gasteiger partial charge in [0, 0.05) is 0 Å². The molecule has 0 aromatic rings. The number of hydrogen-bond donors (Lipinski definition) is 0. The molecular weight excluding hydrogens is 192 g/mol. The third kappa shape index (κ3) is 2.80. The SMILES string of the molecule is O=C1CC(=O)C(CCC2CCCCC2)O1. The molecule has 1 saturated heterocycles. The van der Waals surface area contributed by atoms with Crippen molar-refractivity contribution in [2.75, 3.05) is 0 Å². The normalized spacial score (nSPS) is 28.1. The molecule has 1 atom stereocenters. The minimum absolute atomic E-state index is 0.00463. The van der Waals surface area contributed by atoms with Crippen LogP contribution in [0.2, 0.25) is 0 Å². The van der Waals surface area contributed by atoms with Crippen molar-refractivity contribution in [1.82, 2.24) is 0 Å². The molecule has 2 aliphatic rings. The number of hydrogen-bond acceptors (Lipinski definition) is 3. The van der Waals surface area contributed by atoms with Crippen molar-refractivity contribution in [3.8, 4) is 0 Å². The maximum absolute atomic E-state index is 11.3. The van der Waals surface area contributed by atoms with Crippen LogP contribution in [0, 0.1) is 5.92 Å². The second-order valence-electron chi connectivity index (χ2n) is 4.70. The van der Waals surface area contributed by atoms with E-state index in [0.717, 1.165) is 18.8 Å². The lowest BCUT2D eigenvalue weighted by Gasteiger charge is -2.22. The highest BCUT2D eigenvalue weighted by atomic mass is 16.6.